The fourth-order valence-electron chi connectivity index (χ4n) is 3.38. The molecule has 0 aliphatic carbocycles. The SMILES string of the molecule is N=C1/C(=C/c2cccn2Cc2ccccc2)C(=O)N=C2SC(SCc3ccccc3)=NN12. The molecule has 0 atom stereocenters. The lowest BCUT2D eigenvalue weighted by Gasteiger charge is -2.20. The van der Waals surface area contributed by atoms with Crippen LogP contribution in [0.2, 0.25) is 0 Å². The molecule has 0 saturated heterocycles. The summed E-state index contributed by atoms with van der Waals surface area (Å²) in [7, 11) is 0. The summed E-state index contributed by atoms with van der Waals surface area (Å²) < 4.78 is 2.82. The number of rotatable bonds is 5. The highest BCUT2D eigenvalue weighted by Gasteiger charge is 2.35. The first-order valence-corrected chi connectivity index (χ1v) is 11.8. The number of hydrazone groups is 1. The molecule has 6 nitrogen and oxygen atoms in total. The molecule has 1 amide bonds. The van der Waals surface area contributed by atoms with Crippen molar-refractivity contribution in [3.05, 3.63) is 101 Å². The molecule has 0 bridgehead atoms. The summed E-state index contributed by atoms with van der Waals surface area (Å²) in [6.45, 7) is 0.682. The van der Waals surface area contributed by atoms with Gasteiger partial charge >= 0.3 is 0 Å². The second kappa shape index (κ2) is 9.02. The predicted octanol–water partition coefficient (Wildman–Crippen LogP) is 5.05. The summed E-state index contributed by atoms with van der Waals surface area (Å²) in [4.78, 5) is 16.9. The highest BCUT2D eigenvalue weighted by molar-refractivity contribution is 8.45. The third-order valence-electron chi connectivity index (χ3n) is 4.99. The first-order valence-electron chi connectivity index (χ1n) is 10.0. The fourth-order valence-corrected chi connectivity index (χ4v) is 5.27. The highest BCUT2D eigenvalue weighted by Crippen LogP contribution is 2.33. The van der Waals surface area contributed by atoms with Crippen LogP contribution < -0.4 is 0 Å². The van der Waals surface area contributed by atoms with Crippen molar-refractivity contribution >= 4 is 50.9 Å². The molecule has 0 radical (unpaired) electrons. The number of carbonyl (C=O) groups excluding carboxylic acids is 1. The van der Waals surface area contributed by atoms with Crippen molar-refractivity contribution in [3.8, 4) is 0 Å². The largest absolute Gasteiger partial charge is 0.344 e. The first kappa shape index (κ1) is 20.5. The van der Waals surface area contributed by atoms with E-state index in [4.69, 9.17) is 5.41 Å². The van der Waals surface area contributed by atoms with Gasteiger partial charge in [-0.25, -0.2) is 0 Å². The normalized spacial score (nSPS) is 16.9. The lowest BCUT2D eigenvalue weighted by molar-refractivity contribution is -0.114. The quantitative estimate of drug-likeness (QED) is 0.545. The molecule has 3 aromatic rings. The van der Waals surface area contributed by atoms with E-state index >= 15 is 0 Å². The van der Waals surface area contributed by atoms with Crippen LogP contribution in [0, 0.1) is 5.41 Å². The Morgan fingerprint density at radius 1 is 0.969 bits per heavy atom. The molecule has 0 fully saturated rings. The number of benzene rings is 2. The first-order chi connectivity index (χ1) is 15.7. The van der Waals surface area contributed by atoms with Crippen LogP contribution in [0.25, 0.3) is 6.08 Å². The highest BCUT2D eigenvalue weighted by atomic mass is 32.2. The Bertz CT molecular complexity index is 1260. The number of amidine groups is 2. The van der Waals surface area contributed by atoms with E-state index in [1.807, 2.05) is 59.3 Å². The lowest BCUT2D eigenvalue weighted by atomic mass is 10.1. The predicted molar refractivity (Wildman–Crippen MR) is 133 cm³/mol. The number of fused-ring (bicyclic) bond motifs is 1. The Kier molecular flexibility index (Phi) is 5.79. The smallest absolute Gasteiger partial charge is 0.283 e. The van der Waals surface area contributed by atoms with Gasteiger partial charge in [-0.2, -0.15) is 10.0 Å². The Labute approximate surface area is 194 Å². The minimum Gasteiger partial charge on any atom is -0.344 e. The van der Waals surface area contributed by atoms with E-state index in [9.17, 15) is 4.79 Å². The van der Waals surface area contributed by atoms with Gasteiger partial charge in [0.05, 0.1) is 5.57 Å². The van der Waals surface area contributed by atoms with Crippen molar-refractivity contribution in [1.82, 2.24) is 9.58 Å². The van der Waals surface area contributed by atoms with Gasteiger partial charge in [0, 0.05) is 24.2 Å². The van der Waals surface area contributed by atoms with Gasteiger partial charge in [-0.3, -0.25) is 10.2 Å². The topological polar surface area (TPSA) is 73.8 Å². The molecule has 2 aromatic carbocycles. The molecule has 5 rings (SSSR count). The van der Waals surface area contributed by atoms with Gasteiger partial charge in [0.2, 0.25) is 5.17 Å². The van der Waals surface area contributed by atoms with Crippen LogP contribution in [0.5, 0.6) is 0 Å². The number of aromatic nitrogens is 1. The summed E-state index contributed by atoms with van der Waals surface area (Å²) in [6.07, 6.45) is 3.69. The van der Waals surface area contributed by atoms with Crippen LogP contribution in [0.15, 0.2) is 94.7 Å². The Morgan fingerprint density at radius 2 is 1.69 bits per heavy atom. The number of hydrogen-bond acceptors (Lipinski definition) is 5. The van der Waals surface area contributed by atoms with E-state index in [0.717, 1.165) is 21.4 Å². The van der Waals surface area contributed by atoms with E-state index in [1.165, 1.54) is 22.3 Å². The van der Waals surface area contributed by atoms with Crippen LogP contribution in [0.3, 0.4) is 0 Å². The zero-order valence-electron chi connectivity index (χ0n) is 17.0. The van der Waals surface area contributed by atoms with Gasteiger partial charge < -0.3 is 4.57 Å². The number of hydrogen-bond donors (Lipinski definition) is 1. The second-order valence-corrected chi connectivity index (χ2v) is 9.39. The number of carbonyl (C=O) groups is 1. The number of amides is 1. The average Bonchev–Trinajstić information content (AvgIpc) is 3.43. The Morgan fingerprint density at radius 3 is 2.44 bits per heavy atom. The minimum atomic E-state index is -0.411. The zero-order valence-corrected chi connectivity index (χ0v) is 18.6. The molecule has 158 valence electrons. The van der Waals surface area contributed by atoms with Crippen LogP contribution >= 0.6 is 23.5 Å². The van der Waals surface area contributed by atoms with E-state index in [2.05, 4.69) is 34.4 Å². The molecule has 32 heavy (non-hydrogen) atoms. The maximum absolute atomic E-state index is 12.7. The molecular weight excluding hydrogens is 438 g/mol. The number of nitrogens with zero attached hydrogens (tertiary/aromatic N) is 4. The van der Waals surface area contributed by atoms with Crippen molar-refractivity contribution in [2.75, 3.05) is 0 Å². The third kappa shape index (κ3) is 4.32. The van der Waals surface area contributed by atoms with Crippen molar-refractivity contribution in [2.45, 2.75) is 12.3 Å². The number of aliphatic imine (C=N–C) groups is 1. The molecule has 3 heterocycles. The van der Waals surface area contributed by atoms with Crippen LogP contribution in [-0.2, 0) is 17.1 Å². The van der Waals surface area contributed by atoms with Crippen molar-refractivity contribution < 1.29 is 4.79 Å². The molecule has 1 aromatic heterocycles. The Hall–Kier alpha value is -3.36. The third-order valence-corrected chi connectivity index (χ3v) is 7.11. The molecular formula is C24H19N5OS2. The van der Waals surface area contributed by atoms with Crippen LogP contribution in [0.1, 0.15) is 16.8 Å². The molecule has 0 spiro atoms. The summed E-state index contributed by atoms with van der Waals surface area (Å²) in [5.74, 6) is 0.408. The van der Waals surface area contributed by atoms with Gasteiger partial charge in [-0.05, 0) is 41.1 Å². The van der Waals surface area contributed by atoms with E-state index in [-0.39, 0.29) is 11.4 Å². The summed E-state index contributed by atoms with van der Waals surface area (Å²) in [5.41, 5.74) is 3.43. The lowest BCUT2D eigenvalue weighted by Crippen LogP contribution is -2.35. The maximum Gasteiger partial charge on any atom is 0.283 e. The molecule has 8 heteroatoms. The van der Waals surface area contributed by atoms with Gasteiger partial charge in [0.1, 0.15) is 0 Å². The Balaban J connectivity index is 1.35. The number of nitrogens with one attached hydrogen (secondary N) is 1. The van der Waals surface area contributed by atoms with Crippen molar-refractivity contribution in [3.63, 3.8) is 0 Å². The summed E-state index contributed by atoms with van der Waals surface area (Å²) >= 11 is 2.91. The summed E-state index contributed by atoms with van der Waals surface area (Å²) in [6, 6.07) is 24.1. The second-order valence-electron chi connectivity index (χ2n) is 7.21. The standard InChI is InChI=1S/C24H19N5OS2/c25-21-20(14-19-12-7-13-28(19)15-17-8-3-1-4-9-17)22(30)26-23-29(21)27-24(32-23)31-16-18-10-5-2-6-11-18/h1-14,25H,15-16H2/b20-14-,25-21?. The monoisotopic (exact) mass is 457 g/mol. The van der Waals surface area contributed by atoms with E-state index < -0.39 is 5.91 Å². The van der Waals surface area contributed by atoms with Gasteiger partial charge in [0.15, 0.2) is 10.2 Å². The number of thioether (sulfide) groups is 2. The molecule has 0 unspecified atom stereocenters. The molecule has 2 aliphatic heterocycles. The van der Waals surface area contributed by atoms with Gasteiger partial charge in [0.25, 0.3) is 5.91 Å². The van der Waals surface area contributed by atoms with Crippen molar-refractivity contribution in [2.24, 2.45) is 10.1 Å². The van der Waals surface area contributed by atoms with Gasteiger partial charge in [-0.1, -0.05) is 72.4 Å². The zero-order chi connectivity index (χ0) is 21.9. The van der Waals surface area contributed by atoms with E-state index in [1.54, 1.807) is 17.8 Å². The van der Waals surface area contributed by atoms with E-state index in [0.29, 0.717) is 11.7 Å². The molecule has 1 N–H and O–H groups in total. The molecule has 2 aliphatic rings. The van der Waals surface area contributed by atoms with Gasteiger partial charge in [-0.15, -0.1) is 5.10 Å². The van der Waals surface area contributed by atoms with Crippen LogP contribution in [-0.4, -0.2) is 30.9 Å². The van der Waals surface area contributed by atoms with Crippen molar-refractivity contribution in [1.29, 1.82) is 5.41 Å². The minimum absolute atomic E-state index is 0.0512. The summed E-state index contributed by atoms with van der Waals surface area (Å²) in [5, 5.41) is 15.0. The van der Waals surface area contributed by atoms with Crippen LogP contribution in [0.4, 0.5) is 0 Å². The molecule has 0 saturated carbocycles. The maximum atomic E-state index is 12.7. The fraction of sp³-hybridized carbons (Fsp3) is 0.0833. The average molecular weight is 458 g/mol.